The third kappa shape index (κ3) is 4.18. The number of nitrogens with zero attached hydrogens (tertiary/aromatic N) is 1. The molecule has 1 aliphatic heterocycles. The molecule has 1 aliphatic rings. The van der Waals surface area contributed by atoms with Gasteiger partial charge in [0.05, 0.1) is 6.61 Å². The van der Waals surface area contributed by atoms with Gasteiger partial charge in [0.15, 0.2) is 0 Å². The summed E-state index contributed by atoms with van der Waals surface area (Å²) in [6, 6.07) is 0. The van der Waals surface area contributed by atoms with Crippen molar-refractivity contribution in [1.82, 2.24) is 10.2 Å². The first-order valence-electron chi connectivity index (χ1n) is 5.78. The maximum Gasteiger partial charge on any atom is 0.223 e. The molecule has 1 atom stereocenters. The number of amides is 1. The number of rotatable bonds is 6. The van der Waals surface area contributed by atoms with Crippen LogP contribution in [0.2, 0.25) is 0 Å². The first kappa shape index (κ1) is 12.5. The van der Waals surface area contributed by atoms with Crippen LogP contribution in [0, 0.1) is 5.92 Å². The highest BCUT2D eigenvalue weighted by Crippen LogP contribution is 2.14. The Labute approximate surface area is 92.0 Å². The SMILES string of the molecule is CCN(CC1CCOC1)C(=O)CCNC. The number of carbonyl (C=O) groups excluding carboxylic acids is 1. The van der Waals surface area contributed by atoms with Crippen LogP contribution in [0.3, 0.4) is 0 Å². The molecule has 1 N–H and O–H groups in total. The fourth-order valence-corrected chi connectivity index (χ4v) is 1.84. The first-order chi connectivity index (χ1) is 7.27. The van der Waals surface area contributed by atoms with Crippen molar-refractivity contribution in [2.75, 3.05) is 39.9 Å². The van der Waals surface area contributed by atoms with E-state index in [0.29, 0.717) is 12.3 Å². The van der Waals surface area contributed by atoms with Crippen LogP contribution in [-0.2, 0) is 9.53 Å². The molecule has 0 saturated carbocycles. The predicted octanol–water partition coefficient (Wildman–Crippen LogP) is 0.481. The monoisotopic (exact) mass is 214 g/mol. The van der Waals surface area contributed by atoms with Crippen molar-refractivity contribution in [3.05, 3.63) is 0 Å². The molecule has 1 fully saturated rings. The minimum atomic E-state index is 0.249. The molecule has 1 amide bonds. The Balaban J connectivity index is 2.29. The minimum Gasteiger partial charge on any atom is -0.381 e. The average Bonchev–Trinajstić information content (AvgIpc) is 2.75. The minimum absolute atomic E-state index is 0.249. The van der Waals surface area contributed by atoms with Crippen LogP contribution in [0.1, 0.15) is 19.8 Å². The fraction of sp³-hybridized carbons (Fsp3) is 0.909. The van der Waals surface area contributed by atoms with E-state index < -0.39 is 0 Å². The van der Waals surface area contributed by atoms with Gasteiger partial charge in [-0.2, -0.15) is 0 Å². The van der Waals surface area contributed by atoms with Crippen molar-refractivity contribution in [3.8, 4) is 0 Å². The van der Waals surface area contributed by atoms with Gasteiger partial charge in [-0.05, 0) is 20.4 Å². The van der Waals surface area contributed by atoms with E-state index in [-0.39, 0.29) is 5.91 Å². The number of hydrogen-bond donors (Lipinski definition) is 1. The Morgan fingerprint density at radius 3 is 2.93 bits per heavy atom. The number of ether oxygens (including phenoxy) is 1. The van der Waals surface area contributed by atoms with Crippen molar-refractivity contribution < 1.29 is 9.53 Å². The molecule has 15 heavy (non-hydrogen) atoms. The van der Waals surface area contributed by atoms with Crippen LogP contribution < -0.4 is 5.32 Å². The van der Waals surface area contributed by atoms with E-state index in [4.69, 9.17) is 4.74 Å². The van der Waals surface area contributed by atoms with Crippen LogP contribution in [0.5, 0.6) is 0 Å². The molecule has 0 aromatic rings. The summed E-state index contributed by atoms with van der Waals surface area (Å²) in [5.74, 6) is 0.794. The lowest BCUT2D eigenvalue weighted by Gasteiger charge is -2.23. The van der Waals surface area contributed by atoms with Gasteiger partial charge in [0, 0.05) is 38.6 Å². The van der Waals surface area contributed by atoms with Gasteiger partial charge in [0.1, 0.15) is 0 Å². The lowest BCUT2D eigenvalue weighted by molar-refractivity contribution is -0.131. The summed E-state index contributed by atoms with van der Waals surface area (Å²) >= 11 is 0. The number of carbonyl (C=O) groups is 1. The summed E-state index contributed by atoms with van der Waals surface area (Å²) in [4.78, 5) is 13.7. The quantitative estimate of drug-likeness (QED) is 0.699. The summed E-state index contributed by atoms with van der Waals surface area (Å²) in [7, 11) is 1.87. The van der Waals surface area contributed by atoms with Crippen LogP contribution >= 0.6 is 0 Å². The van der Waals surface area contributed by atoms with Crippen molar-refractivity contribution in [1.29, 1.82) is 0 Å². The Hall–Kier alpha value is -0.610. The van der Waals surface area contributed by atoms with E-state index in [1.54, 1.807) is 0 Å². The van der Waals surface area contributed by atoms with E-state index in [9.17, 15) is 4.79 Å². The zero-order valence-electron chi connectivity index (χ0n) is 9.79. The predicted molar refractivity (Wildman–Crippen MR) is 59.7 cm³/mol. The molecule has 1 unspecified atom stereocenters. The van der Waals surface area contributed by atoms with Crippen LogP contribution in [-0.4, -0.2) is 50.7 Å². The Kier molecular flexibility index (Phi) is 5.65. The normalized spacial score (nSPS) is 20.5. The summed E-state index contributed by atoms with van der Waals surface area (Å²) in [5, 5.41) is 3.00. The Bertz CT molecular complexity index is 191. The second kappa shape index (κ2) is 6.80. The third-order valence-electron chi connectivity index (χ3n) is 2.83. The Morgan fingerprint density at radius 2 is 2.40 bits per heavy atom. The van der Waals surface area contributed by atoms with E-state index in [2.05, 4.69) is 5.32 Å². The summed E-state index contributed by atoms with van der Waals surface area (Å²) in [6.07, 6.45) is 1.69. The highest BCUT2D eigenvalue weighted by atomic mass is 16.5. The standard InChI is InChI=1S/C11H22N2O2/c1-3-13(11(14)4-6-12-2)8-10-5-7-15-9-10/h10,12H,3-9H2,1-2H3. The lowest BCUT2D eigenvalue weighted by Crippen LogP contribution is -2.36. The summed E-state index contributed by atoms with van der Waals surface area (Å²) in [5.41, 5.74) is 0. The van der Waals surface area contributed by atoms with Gasteiger partial charge >= 0.3 is 0 Å². The van der Waals surface area contributed by atoms with E-state index in [1.165, 1.54) is 0 Å². The second-order valence-electron chi connectivity index (χ2n) is 4.02. The molecule has 0 spiro atoms. The summed E-state index contributed by atoms with van der Waals surface area (Å²) in [6.45, 7) is 6.13. The van der Waals surface area contributed by atoms with Gasteiger partial charge in [0.2, 0.25) is 5.91 Å². The molecular weight excluding hydrogens is 192 g/mol. The molecular formula is C11H22N2O2. The van der Waals surface area contributed by atoms with Gasteiger partial charge < -0.3 is 15.0 Å². The molecule has 1 heterocycles. The van der Waals surface area contributed by atoms with Crippen molar-refractivity contribution in [3.63, 3.8) is 0 Å². The van der Waals surface area contributed by atoms with Crippen LogP contribution in [0.25, 0.3) is 0 Å². The van der Waals surface area contributed by atoms with Crippen molar-refractivity contribution in [2.24, 2.45) is 5.92 Å². The van der Waals surface area contributed by atoms with Crippen molar-refractivity contribution in [2.45, 2.75) is 19.8 Å². The molecule has 88 valence electrons. The highest BCUT2D eigenvalue weighted by Gasteiger charge is 2.20. The third-order valence-corrected chi connectivity index (χ3v) is 2.83. The maximum atomic E-state index is 11.8. The van der Waals surface area contributed by atoms with Crippen LogP contribution in [0.15, 0.2) is 0 Å². The van der Waals surface area contributed by atoms with Gasteiger partial charge in [-0.15, -0.1) is 0 Å². The van der Waals surface area contributed by atoms with Gasteiger partial charge in [-0.1, -0.05) is 0 Å². The largest absolute Gasteiger partial charge is 0.381 e. The second-order valence-corrected chi connectivity index (χ2v) is 4.02. The van der Waals surface area contributed by atoms with Gasteiger partial charge in [-0.3, -0.25) is 4.79 Å². The zero-order chi connectivity index (χ0) is 11.1. The highest BCUT2D eigenvalue weighted by molar-refractivity contribution is 5.76. The summed E-state index contributed by atoms with van der Waals surface area (Å²) < 4.78 is 5.31. The first-order valence-corrected chi connectivity index (χ1v) is 5.78. The molecule has 0 aliphatic carbocycles. The molecule has 4 heteroatoms. The molecule has 4 nitrogen and oxygen atoms in total. The zero-order valence-corrected chi connectivity index (χ0v) is 9.79. The molecule has 0 radical (unpaired) electrons. The number of nitrogens with one attached hydrogen (secondary N) is 1. The number of hydrogen-bond acceptors (Lipinski definition) is 3. The van der Waals surface area contributed by atoms with Crippen LogP contribution in [0.4, 0.5) is 0 Å². The van der Waals surface area contributed by atoms with Gasteiger partial charge in [-0.25, -0.2) is 0 Å². The lowest BCUT2D eigenvalue weighted by atomic mass is 10.1. The maximum absolute atomic E-state index is 11.8. The van der Waals surface area contributed by atoms with E-state index in [1.807, 2.05) is 18.9 Å². The molecule has 0 aromatic heterocycles. The fourth-order valence-electron chi connectivity index (χ4n) is 1.84. The topological polar surface area (TPSA) is 41.6 Å². The molecule has 1 rings (SSSR count). The smallest absolute Gasteiger partial charge is 0.223 e. The van der Waals surface area contributed by atoms with E-state index in [0.717, 1.165) is 39.3 Å². The average molecular weight is 214 g/mol. The molecule has 1 saturated heterocycles. The molecule has 0 bridgehead atoms. The molecule has 0 aromatic carbocycles. The Morgan fingerprint density at radius 1 is 1.60 bits per heavy atom. The van der Waals surface area contributed by atoms with Gasteiger partial charge in [0.25, 0.3) is 0 Å². The van der Waals surface area contributed by atoms with Crippen molar-refractivity contribution >= 4 is 5.91 Å². The van der Waals surface area contributed by atoms with E-state index >= 15 is 0 Å².